The first kappa shape index (κ1) is 19.8. The molecule has 0 atom stereocenters. The minimum atomic E-state index is -1.55. The molecule has 7 heteroatoms. The average Bonchev–Trinajstić information content (AvgIpc) is 2.73. The van der Waals surface area contributed by atoms with Crippen LogP contribution < -0.4 is 10.4 Å². The van der Waals surface area contributed by atoms with Gasteiger partial charge in [0.2, 0.25) is 3.79 Å². The number of carbonyl (C=O) groups is 1. The third-order valence-electron chi connectivity index (χ3n) is 4.54. The van der Waals surface area contributed by atoms with Gasteiger partial charge in [-0.15, -0.1) is 0 Å². The van der Waals surface area contributed by atoms with E-state index in [1.54, 1.807) is 6.08 Å². The first-order valence-electron chi connectivity index (χ1n) is 8.77. The van der Waals surface area contributed by atoms with E-state index in [-0.39, 0.29) is 11.6 Å². The Bertz CT molecular complexity index is 1330. The van der Waals surface area contributed by atoms with Gasteiger partial charge in [-0.25, -0.2) is 15.0 Å². The molecule has 144 valence electrons. The predicted octanol–water partition coefficient (Wildman–Crippen LogP) is 4.23. The smallest absolute Gasteiger partial charge is 0.250 e. The number of hydrogen-bond donors (Lipinski definition) is 0. The number of halogens is 3. The molecule has 4 aromatic rings. The Morgan fingerprint density at radius 3 is 2.28 bits per heavy atom. The van der Waals surface area contributed by atoms with Crippen molar-refractivity contribution in [2.75, 3.05) is 0 Å². The maximum atomic E-state index is 11.5. The summed E-state index contributed by atoms with van der Waals surface area (Å²) in [5, 5.41) is 7.19. The summed E-state index contributed by atoms with van der Waals surface area (Å²) in [5.74, 6) is 0.320. The SMILES string of the molecule is ClC(Cl)(Cl)c1ncncn1.O=C1C=c2cc3ccc4ccccc4c3cc2=CC1. The highest BCUT2D eigenvalue weighted by Gasteiger charge is 2.25. The fraction of sp³-hybridized carbons (Fsp3) is 0.0909. The number of fused-ring (bicyclic) bond motifs is 4. The van der Waals surface area contributed by atoms with Gasteiger partial charge >= 0.3 is 0 Å². The van der Waals surface area contributed by atoms with Gasteiger partial charge in [0.05, 0.1) is 0 Å². The number of Topliss-reactive ketones (excluding diaryl/α,β-unsaturated/α-hetero) is 1. The average molecular weight is 443 g/mol. The molecular weight excluding hydrogens is 429 g/mol. The summed E-state index contributed by atoms with van der Waals surface area (Å²) in [6, 6.07) is 17.0. The molecule has 0 aliphatic heterocycles. The fourth-order valence-electron chi connectivity index (χ4n) is 3.22. The summed E-state index contributed by atoms with van der Waals surface area (Å²) < 4.78 is -1.55. The number of hydrogen-bond acceptors (Lipinski definition) is 4. The highest BCUT2D eigenvalue weighted by molar-refractivity contribution is 6.66. The van der Waals surface area contributed by atoms with Crippen LogP contribution in [0.5, 0.6) is 0 Å². The topological polar surface area (TPSA) is 55.7 Å². The first-order chi connectivity index (χ1) is 13.9. The molecule has 1 aliphatic rings. The Balaban J connectivity index is 0.000000174. The zero-order chi connectivity index (χ0) is 20.4. The Kier molecular flexibility index (Phi) is 5.50. The van der Waals surface area contributed by atoms with Crippen LogP contribution in [-0.2, 0) is 8.59 Å². The van der Waals surface area contributed by atoms with Gasteiger partial charge in [-0.05, 0) is 50.2 Å². The third-order valence-corrected chi connectivity index (χ3v) is 5.04. The summed E-state index contributed by atoms with van der Waals surface area (Å²) in [6.45, 7) is 0. The number of rotatable bonds is 0. The van der Waals surface area contributed by atoms with Crippen molar-refractivity contribution in [3.8, 4) is 0 Å². The van der Waals surface area contributed by atoms with E-state index in [1.807, 2.05) is 6.08 Å². The monoisotopic (exact) mass is 441 g/mol. The minimum Gasteiger partial charge on any atom is -0.294 e. The molecule has 1 aromatic heterocycles. The molecule has 0 fully saturated rings. The summed E-state index contributed by atoms with van der Waals surface area (Å²) in [7, 11) is 0. The zero-order valence-electron chi connectivity index (χ0n) is 15.0. The highest BCUT2D eigenvalue weighted by Crippen LogP contribution is 2.34. The van der Waals surface area contributed by atoms with E-state index in [9.17, 15) is 4.79 Å². The van der Waals surface area contributed by atoms with Crippen molar-refractivity contribution in [2.24, 2.45) is 0 Å². The Hall–Kier alpha value is -2.53. The molecule has 0 unspecified atom stereocenters. The molecule has 0 radical (unpaired) electrons. The van der Waals surface area contributed by atoms with Crippen molar-refractivity contribution in [1.82, 2.24) is 15.0 Å². The Morgan fingerprint density at radius 1 is 0.828 bits per heavy atom. The van der Waals surface area contributed by atoms with Crippen LogP contribution in [0.4, 0.5) is 0 Å². The van der Waals surface area contributed by atoms with Gasteiger partial charge in [0, 0.05) is 6.42 Å². The van der Waals surface area contributed by atoms with E-state index in [0.29, 0.717) is 6.42 Å². The van der Waals surface area contributed by atoms with Gasteiger partial charge in [-0.2, -0.15) is 0 Å². The van der Waals surface area contributed by atoms with E-state index in [4.69, 9.17) is 34.8 Å². The molecule has 5 rings (SSSR count). The largest absolute Gasteiger partial charge is 0.294 e. The molecule has 4 nitrogen and oxygen atoms in total. The number of benzene rings is 3. The third kappa shape index (κ3) is 4.40. The van der Waals surface area contributed by atoms with Crippen molar-refractivity contribution in [2.45, 2.75) is 10.2 Å². The molecule has 0 saturated carbocycles. The van der Waals surface area contributed by atoms with Crippen molar-refractivity contribution in [1.29, 1.82) is 0 Å². The van der Waals surface area contributed by atoms with Crippen molar-refractivity contribution >= 4 is 74.3 Å². The molecule has 1 aliphatic carbocycles. The first-order valence-corrected chi connectivity index (χ1v) is 9.91. The summed E-state index contributed by atoms with van der Waals surface area (Å²) in [6.07, 6.45) is 6.83. The molecule has 3 aromatic carbocycles. The zero-order valence-corrected chi connectivity index (χ0v) is 17.3. The quantitative estimate of drug-likeness (QED) is 0.302. The number of aromatic nitrogens is 3. The standard InChI is InChI=1S/C18H12O.C4H2Cl3N3/c19-16-8-7-13-11-18-14(9-15(13)10-16)6-5-12-3-1-2-4-17(12)18;5-4(6,7)3-9-1-8-2-10-3/h1-7,9-11H,8H2;1-2H. The lowest BCUT2D eigenvalue weighted by molar-refractivity contribution is -0.112. The fourth-order valence-corrected chi connectivity index (χ4v) is 3.51. The Labute approximate surface area is 181 Å². The number of nitrogens with zero attached hydrogens (tertiary/aromatic N) is 3. The number of alkyl halides is 3. The highest BCUT2D eigenvalue weighted by atomic mass is 35.6. The van der Waals surface area contributed by atoms with Crippen molar-refractivity contribution in [3.63, 3.8) is 0 Å². The van der Waals surface area contributed by atoms with Gasteiger partial charge in [-0.1, -0.05) is 77.3 Å². The minimum absolute atomic E-state index is 0.132. The van der Waals surface area contributed by atoms with Gasteiger partial charge in [0.15, 0.2) is 11.6 Å². The van der Waals surface area contributed by atoms with E-state index < -0.39 is 3.79 Å². The summed E-state index contributed by atoms with van der Waals surface area (Å²) in [4.78, 5) is 22.3. The van der Waals surface area contributed by atoms with Crippen LogP contribution in [0.15, 0.2) is 61.2 Å². The van der Waals surface area contributed by atoms with Crippen molar-refractivity contribution < 1.29 is 4.79 Å². The van der Waals surface area contributed by atoms with E-state index in [1.165, 1.54) is 39.4 Å². The lowest BCUT2D eigenvalue weighted by atomic mass is 9.98. The van der Waals surface area contributed by atoms with Crippen LogP contribution in [-0.4, -0.2) is 20.7 Å². The van der Waals surface area contributed by atoms with Crippen LogP contribution in [0, 0.1) is 0 Å². The van der Waals surface area contributed by atoms with Crippen LogP contribution in [0.3, 0.4) is 0 Å². The number of carbonyl (C=O) groups excluding carboxylic acids is 1. The second-order valence-corrected chi connectivity index (χ2v) is 8.75. The molecule has 29 heavy (non-hydrogen) atoms. The molecule has 0 saturated heterocycles. The van der Waals surface area contributed by atoms with Crippen LogP contribution in [0.1, 0.15) is 12.2 Å². The van der Waals surface area contributed by atoms with Crippen LogP contribution in [0.25, 0.3) is 33.7 Å². The van der Waals surface area contributed by atoms with E-state index >= 15 is 0 Å². The molecule has 0 spiro atoms. The molecule has 0 bridgehead atoms. The predicted molar refractivity (Wildman–Crippen MR) is 118 cm³/mol. The van der Waals surface area contributed by atoms with Crippen LogP contribution >= 0.6 is 34.8 Å². The number of ketones is 1. The normalized spacial score (nSPS) is 13.1. The van der Waals surface area contributed by atoms with E-state index in [2.05, 4.69) is 63.5 Å². The van der Waals surface area contributed by atoms with Gasteiger partial charge in [-0.3, -0.25) is 4.79 Å². The molecular formula is C22H14Cl3N3O. The molecule has 1 heterocycles. The maximum Gasteiger partial charge on any atom is 0.250 e. The molecule has 0 amide bonds. The second-order valence-electron chi connectivity index (χ2n) is 6.47. The Morgan fingerprint density at radius 2 is 1.55 bits per heavy atom. The van der Waals surface area contributed by atoms with E-state index in [0.717, 1.165) is 5.22 Å². The van der Waals surface area contributed by atoms with Gasteiger partial charge < -0.3 is 0 Å². The lowest BCUT2D eigenvalue weighted by Gasteiger charge is -2.06. The summed E-state index contributed by atoms with van der Waals surface area (Å²) in [5.41, 5.74) is 0. The lowest BCUT2D eigenvalue weighted by Crippen LogP contribution is -2.28. The van der Waals surface area contributed by atoms with Gasteiger partial charge in [0.25, 0.3) is 0 Å². The summed E-state index contributed by atoms with van der Waals surface area (Å²) >= 11 is 16.3. The van der Waals surface area contributed by atoms with Gasteiger partial charge in [0.1, 0.15) is 12.7 Å². The van der Waals surface area contributed by atoms with Crippen molar-refractivity contribution in [3.05, 3.63) is 77.4 Å². The maximum absolute atomic E-state index is 11.5. The van der Waals surface area contributed by atoms with Crippen LogP contribution in [0.2, 0.25) is 0 Å². The molecule has 0 N–H and O–H groups in total. The second kappa shape index (κ2) is 8.07.